The number of fused-ring (bicyclic) bond motifs is 1. The van der Waals surface area contributed by atoms with Crippen molar-refractivity contribution in [2.75, 3.05) is 28.4 Å². The molecule has 144 valence electrons. The summed E-state index contributed by atoms with van der Waals surface area (Å²) in [5.74, 6) is 3.76. The van der Waals surface area contributed by atoms with Crippen molar-refractivity contribution in [2.24, 2.45) is 0 Å². The molecule has 2 aromatic carbocycles. The van der Waals surface area contributed by atoms with Gasteiger partial charge in [0.25, 0.3) is 0 Å². The summed E-state index contributed by atoms with van der Waals surface area (Å²) in [5, 5.41) is 0. The van der Waals surface area contributed by atoms with Crippen LogP contribution < -0.4 is 18.9 Å². The van der Waals surface area contributed by atoms with Gasteiger partial charge in [-0.25, -0.2) is 0 Å². The third-order valence-corrected chi connectivity index (χ3v) is 4.66. The molecule has 0 heterocycles. The first-order valence-corrected chi connectivity index (χ1v) is 8.80. The highest BCUT2D eigenvalue weighted by Crippen LogP contribution is 2.42. The van der Waals surface area contributed by atoms with Gasteiger partial charge in [0.1, 0.15) is 23.0 Å². The molecule has 0 unspecified atom stereocenters. The van der Waals surface area contributed by atoms with E-state index in [1.807, 2.05) is 12.1 Å². The predicted molar refractivity (Wildman–Crippen MR) is 110 cm³/mol. The second-order valence-corrected chi connectivity index (χ2v) is 6.19. The zero-order chi connectivity index (χ0) is 19.8. The summed E-state index contributed by atoms with van der Waals surface area (Å²) in [6.45, 7) is 6.72. The maximum atomic E-state index is 5.54. The van der Waals surface area contributed by atoms with Gasteiger partial charge in [-0.2, -0.15) is 0 Å². The maximum absolute atomic E-state index is 5.54. The van der Waals surface area contributed by atoms with Crippen molar-refractivity contribution in [1.82, 2.24) is 0 Å². The molecule has 0 spiro atoms. The Morgan fingerprint density at radius 1 is 0.741 bits per heavy atom. The lowest BCUT2D eigenvalue weighted by Crippen LogP contribution is -2.00. The van der Waals surface area contributed by atoms with Gasteiger partial charge in [0.2, 0.25) is 0 Å². The second kappa shape index (κ2) is 9.72. The minimum Gasteiger partial charge on any atom is -0.497 e. The quantitative estimate of drug-likeness (QED) is 0.675. The lowest BCUT2D eigenvalue weighted by atomic mass is 9.95. The van der Waals surface area contributed by atoms with Crippen LogP contribution in [0.3, 0.4) is 0 Å². The molecule has 27 heavy (non-hydrogen) atoms. The number of ether oxygens (including phenoxy) is 4. The zero-order valence-corrected chi connectivity index (χ0v) is 16.6. The highest BCUT2D eigenvalue weighted by molar-refractivity contribution is 5.52. The van der Waals surface area contributed by atoms with Gasteiger partial charge in [0, 0.05) is 12.1 Å². The molecule has 3 rings (SSSR count). The summed E-state index contributed by atoms with van der Waals surface area (Å²) in [7, 11) is 6.74. The molecule has 1 aliphatic carbocycles. The highest BCUT2D eigenvalue weighted by atomic mass is 16.5. The first kappa shape index (κ1) is 20.4. The minimum absolute atomic E-state index is 0.384. The normalized spacial score (nSPS) is 14.3. The van der Waals surface area contributed by atoms with E-state index in [0.717, 1.165) is 35.8 Å². The Bertz CT molecular complexity index is 767. The molecule has 0 saturated heterocycles. The van der Waals surface area contributed by atoms with Crippen molar-refractivity contribution in [3.8, 4) is 23.0 Å². The summed E-state index contributed by atoms with van der Waals surface area (Å²) < 4.78 is 21.7. The molecule has 0 bridgehead atoms. The Morgan fingerprint density at radius 2 is 1.30 bits per heavy atom. The zero-order valence-electron chi connectivity index (χ0n) is 16.6. The third-order valence-electron chi connectivity index (χ3n) is 4.66. The van der Waals surface area contributed by atoms with Crippen LogP contribution in [0, 0.1) is 0 Å². The molecule has 0 N–H and O–H groups in total. The van der Waals surface area contributed by atoms with Crippen LogP contribution in [0.2, 0.25) is 0 Å². The Balaban J connectivity index is 0.000000596. The lowest BCUT2D eigenvalue weighted by molar-refractivity contribution is 0.391. The summed E-state index contributed by atoms with van der Waals surface area (Å²) in [6.07, 6.45) is 5.18. The molecule has 1 aliphatic rings. The van der Waals surface area contributed by atoms with E-state index in [1.54, 1.807) is 40.6 Å². The van der Waals surface area contributed by atoms with Gasteiger partial charge in [-0.1, -0.05) is 25.3 Å². The molecule has 0 aromatic heterocycles. The van der Waals surface area contributed by atoms with E-state index >= 15 is 0 Å². The van der Waals surface area contributed by atoms with E-state index in [-0.39, 0.29) is 0 Å². The van der Waals surface area contributed by atoms with E-state index in [4.69, 9.17) is 18.9 Å². The van der Waals surface area contributed by atoms with E-state index in [9.17, 15) is 0 Å². The molecule has 2 aromatic rings. The Labute approximate surface area is 162 Å². The van der Waals surface area contributed by atoms with Crippen LogP contribution in [0.25, 0.3) is 0 Å². The van der Waals surface area contributed by atoms with Crippen LogP contribution in [0.5, 0.6) is 23.0 Å². The van der Waals surface area contributed by atoms with Gasteiger partial charge >= 0.3 is 0 Å². The topological polar surface area (TPSA) is 36.9 Å². The third kappa shape index (κ3) is 4.85. The van der Waals surface area contributed by atoms with Crippen molar-refractivity contribution in [1.29, 1.82) is 0 Å². The fourth-order valence-electron chi connectivity index (χ4n) is 3.27. The smallest absolute Gasteiger partial charge is 0.126 e. The molecule has 0 radical (unpaired) electrons. The molecule has 1 atom stereocenters. The van der Waals surface area contributed by atoms with Gasteiger partial charge in [-0.3, -0.25) is 0 Å². The molecule has 4 heteroatoms. The van der Waals surface area contributed by atoms with Crippen LogP contribution in [0.1, 0.15) is 22.6 Å². The number of rotatable bonds is 6. The van der Waals surface area contributed by atoms with Crippen LogP contribution in [0.4, 0.5) is 0 Å². The SMILES string of the molecule is C=CC=C.COc1cc(OC)cc([C@H]2Cc3cc(OC)cc(OC)c3C2)c1. The number of methoxy groups -OCH3 is 4. The molecule has 0 amide bonds. The number of allylic oxidation sites excluding steroid dienone is 2. The summed E-state index contributed by atoms with van der Waals surface area (Å²) in [6, 6.07) is 10.1. The molecule has 0 aliphatic heterocycles. The van der Waals surface area contributed by atoms with Gasteiger partial charge in [-0.05, 0) is 53.6 Å². The molecular weight excluding hydrogens is 340 g/mol. The first-order chi connectivity index (χ1) is 13.1. The van der Waals surface area contributed by atoms with E-state index in [2.05, 4.69) is 31.4 Å². The summed E-state index contributed by atoms with van der Waals surface area (Å²) in [4.78, 5) is 0. The van der Waals surface area contributed by atoms with Gasteiger partial charge < -0.3 is 18.9 Å². The minimum atomic E-state index is 0.384. The number of hydrogen-bond acceptors (Lipinski definition) is 4. The van der Waals surface area contributed by atoms with Crippen molar-refractivity contribution in [3.63, 3.8) is 0 Å². The van der Waals surface area contributed by atoms with Crippen LogP contribution in [0.15, 0.2) is 55.6 Å². The van der Waals surface area contributed by atoms with Crippen LogP contribution >= 0.6 is 0 Å². The van der Waals surface area contributed by atoms with Crippen LogP contribution in [-0.2, 0) is 12.8 Å². The maximum Gasteiger partial charge on any atom is 0.126 e. The average Bonchev–Trinajstić information content (AvgIpc) is 3.16. The van der Waals surface area contributed by atoms with E-state index < -0.39 is 0 Å². The van der Waals surface area contributed by atoms with E-state index in [0.29, 0.717) is 5.92 Å². The van der Waals surface area contributed by atoms with Gasteiger partial charge in [0.05, 0.1) is 28.4 Å². The van der Waals surface area contributed by atoms with Crippen molar-refractivity contribution in [2.45, 2.75) is 18.8 Å². The van der Waals surface area contributed by atoms with Crippen molar-refractivity contribution in [3.05, 3.63) is 72.3 Å². The Hall–Kier alpha value is -2.88. The van der Waals surface area contributed by atoms with Crippen molar-refractivity contribution >= 4 is 0 Å². The predicted octanol–water partition coefficient (Wildman–Crippen LogP) is 4.96. The number of benzene rings is 2. The van der Waals surface area contributed by atoms with Gasteiger partial charge in [-0.15, -0.1) is 0 Å². The molecule has 4 nitrogen and oxygen atoms in total. The molecule has 0 saturated carbocycles. The fraction of sp³-hybridized carbons (Fsp3) is 0.304. The lowest BCUT2D eigenvalue weighted by Gasteiger charge is -2.13. The largest absolute Gasteiger partial charge is 0.497 e. The van der Waals surface area contributed by atoms with Gasteiger partial charge in [0.15, 0.2) is 0 Å². The standard InChI is InChI=1S/C19H22O4.C4H6/c1-20-15-6-13(7-16(10-15)21-2)12-5-14-8-17(22-3)11-19(23-4)18(14)9-12;1-3-4-2/h6-8,10-12H,5,9H2,1-4H3;3-4H,1-2H2/t12-;/m0./s1. The second-order valence-electron chi connectivity index (χ2n) is 6.19. The molecular formula is C23H28O4. The monoisotopic (exact) mass is 368 g/mol. The fourth-order valence-corrected chi connectivity index (χ4v) is 3.27. The Kier molecular flexibility index (Phi) is 7.35. The van der Waals surface area contributed by atoms with Crippen LogP contribution in [-0.4, -0.2) is 28.4 Å². The first-order valence-electron chi connectivity index (χ1n) is 8.80. The average molecular weight is 368 g/mol. The van der Waals surface area contributed by atoms with Crippen molar-refractivity contribution < 1.29 is 18.9 Å². The summed E-state index contributed by atoms with van der Waals surface area (Å²) >= 11 is 0. The highest BCUT2D eigenvalue weighted by Gasteiger charge is 2.27. The Morgan fingerprint density at radius 3 is 1.78 bits per heavy atom. The number of hydrogen-bond donors (Lipinski definition) is 0. The molecule has 0 fully saturated rings. The van der Waals surface area contributed by atoms with E-state index in [1.165, 1.54) is 16.7 Å². The summed E-state index contributed by atoms with van der Waals surface area (Å²) in [5.41, 5.74) is 3.77.